The number of hydrogen-bond acceptors (Lipinski definition) is 4. The summed E-state index contributed by atoms with van der Waals surface area (Å²) < 4.78 is 17.3. The second kappa shape index (κ2) is 10.7. The van der Waals surface area contributed by atoms with E-state index in [1.54, 1.807) is 0 Å². The molecule has 0 saturated carbocycles. The Labute approximate surface area is 169 Å². The molecule has 2 rings (SSSR count). The molecular formula is C22H36ClNO3. The molecule has 0 aliphatic carbocycles. The highest BCUT2D eigenvalue weighted by Gasteiger charge is 2.30. The summed E-state index contributed by atoms with van der Waals surface area (Å²) in [5.74, 6) is 0.826. The van der Waals surface area contributed by atoms with Crippen LogP contribution in [0.2, 0.25) is 0 Å². The summed E-state index contributed by atoms with van der Waals surface area (Å²) >= 11 is 6.42. The lowest BCUT2D eigenvalue weighted by molar-refractivity contribution is -0.0890. The van der Waals surface area contributed by atoms with E-state index in [0.29, 0.717) is 26.2 Å². The van der Waals surface area contributed by atoms with Gasteiger partial charge in [-0.1, -0.05) is 63.8 Å². The van der Waals surface area contributed by atoms with Gasteiger partial charge in [-0.15, -0.1) is 0 Å². The van der Waals surface area contributed by atoms with Crippen LogP contribution in [-0.4, -0.2) is 37.7 Å². The molecule has 1 heterocycles. The molecule has 154 valence electrons. The van der Waals surface area contributed by atoms with E-state index in [-0.39, 0.29) is 11.7 Å². The Bertz CT molecular complexity index is 541. The van der Waals surface area contributed by atoms with Gasteiger partial charge in [0.1, 0.15) is 5.75 Å². The van der Waals surface area contributed by atoms with Crippen molar-refractivity contribution in [3.8, 4) is 5.75 Å². The Morgan fingerprint density at radius 3 is 2.63 bits per heavy atom. The topological polar surface area (TPSA) is 39.7 Å². The van der Waals surface area contributed by atoms with Gasteiger partial charge in [0.05, 0.1) is 13.2 Å². The standard InChI is InChI=1S/C22H36ClNO3/c1-5-6-7-12-21(3,4)19-8-10-20(11-9-19)27-18(2)25-15-13-22(23)17-24-14-16-26-22/h8-11,18,24H,5-7,12-17H2,1-4H3. The van der Waals surface area contributed by atoms with Crippen LogP contribution >= 0.6 is 11.6 Å². The molecule has 2 unspecified atom stereocenters. The zero-order chi connectivity index (χ0) is 19.8. The lowest BCUT2D eigenvalue weighted by Crippen LogP contribution is -2.46. The van der Waals surface area contributed by atoms with Gasteiger partial charge in [-0.2, -0.15) is 0 Å². The van der Waals surface area contributed by atoms with E-state index in [1.165, 1.54) is 31.2 Å². The number of rotatable bonds is 11. The molecule has 1 saturated heterocycles. The van der Waals surface area contributed by atoms with Crippen LogP contribution in [0.15, 0.2) is 24.3 Å². The van der Waals surface area contributed by atoms with Crippen LogP contribution in [0.4, 0.5) is 0 Å². The lowest BCUT2D eigenvalue weighted by Gasteiger charge is -2.32. The summed E-state index contributed by atoms with van der Waals surface area (Å²) in [6.45, 7) is 11.4. The molecule has 0 spiro atoms. The van der Waals surface area contributed by atoms with Gasteiger partial charge in [0.15, 0.2) is 11.4 Å². The monoisotopic (exact) mass is 397 g/mol. The third-order valence-corrected chi connectivity index (χ3v) is 5.63. The van der Waals surface area contributed by atoms with E-state index in [0.717, 1.165) is 12.3 Å². The second-order valence-electron chi connectivity index (χ2n) is 8.08. The Morgan fingerprint density at radius 1 is 1.26 bits per heavy atom. The van der Waals surface area contributed by atoms with Crippen LogP contribution in [0, 0.1) is 0 Å². The fraction of sp³-hybridized carbons (Fsp3) is 0.727. The summed E-state index contributed by atoms with van der Waals surface area (Å²) in [6, 6.07) is 8.41. The first-order valence-corrected chi connectivity index (χ1v) is 10.6. The largest absolute Gasteiger partial charge is 0.465 e. The van der Waals surface area contributed by atoms with Gasteiger partial charge >= 0.3 is 0 Å². The van der Waals surface area contributed by atoms with Crippen LogP contribution in [0.3, 0.4) is 0 Å². The number of unbranched alkanes of at least 4 members (excludes halogenated alkanes) is 2. The van der Waals surface area contributed by atoms with Gasteiger partial charge in [0, 0.05) is 19.5 Å². The molecule has 1 aliphatic heterocycles. The van der Waals surface area contributed by atoms with Crippen molar-refractivity contribution in [3.05, 3.63) is 29.8 Å². The van der Waals surface area contributed by atoms with Gasteiger partial charge in [-0.05, 0) is 36.5 Å². The van der Waals surface area contributed by atoms with Gasteiger partial charge < -0.3 is 19.5 Å². The minimum absolute atomic E-state index is 0.193. The van der Waals surface area contributed by atoms with Crippen LogP contribution in [0.1, 0.15) is 65.4 Å². The van der Waals surface area contributed by atoms with Gasteiger partial charge in [-0.25, -0.2) is 0 Å². The SMILES string of the molecule is CCCCCC(C)(C)c1ccc(OC(C)OCCC2(Cl)CNCCO2)cc1. The average Bonchev–Trinajstić information content (AvgIpc) is 2.63. The summed E-state index contributed by atoms with van der Waals surface area (Å²) in [4.78, 5) is 0. The third-order valence-electron chi connectivity index (χ3n) is 5.20. The summed E-state index contributed by atoms with van der Waals surface area (Å²) in [7, 11) is 0. The molecule has 0 amide bonds. The molecule has 4 nitrogen and oxygen atoms in total. The third kappa shape index (κ3) is 7.61. The number of morpholine rings is 1. The van der Waals surface area contributed by atoms with E-state index < -0.39 is 5.06 Å². The summed E-state index contributed by atoms with van der Waals surface area (Å²) in [6.07, 6.45) is 5.33. The maximum Gasteiger partial charge on any atom is 0.196 e. The quantitative estimate of drug-likeness (QED) is 0.315. The number of benzene rings is 1. The van der Waals surface area contributed by atoms with Crippen molar-refractivity contribution < 1.29 is 14.2 Å². The predicted molar refractivity (Wildman–Crippen MR) is 112 cm³/mol. The molecule has 5 heteroatoms. The molecule has 27 heavy (non-hydrogen) atoms. The Hall–Kier alpha value is -0.810. The maximum absolute atomic E-state index is 6.42. The Morgan fingerprint density at radius 2 is 2.00 bits per heavy atom. The number of ether oxygens (including phenoxy) is 3. The van der Waals surface area contributed by atoms with E-state index in [9.17, 15) is 0 Å². The first kappa shape index (κ1) is 22.5. The van der Waals surface area contributed by atoms with Crippen molar-refractivity contribution in [2.24, 2.45) is 0 Å². The zero-order valence-electron chi connectivity index (χ0n) is 17.4. The first-order valence-electron chi connectivity index (χ1n) is 10.3. The number of nitrogens with one attached hydrogen (secondary N) is 1. The summed E-state index contributed by atoms with van der Waals surface area (Å²) in [5, 5.41) is 2.58. The van der Waals surface area contributed by atoms with Gasteiger partial charge in [0.2, 0.25) is 0 Å². The van der Waals surface area contributed by atoms with Crippen LogP contribution in [0.5, 0.6) is 5.75 Å². The van der Waals surface area contributed by atoms with Crippen molar-refractivity contribution in [2.45, 2.75) is 76.6 Å². The molecule has 1 aliphatic rings. The molecular weight excluding hydrogens is 362 g/mol. The maximum atomic E-state index is 6.42. The highest BCUT2D eigenvalue weighted by atomic mass is 35.5. The van der Waals surface area contributed by atoms with Gasteiger partial charge in [-0.3, -0.25) is 0 Å². The van der Waals surface area contributed by atoms with E-state index >= 15 is 0 Å². The van der Waals surface area contributed by atoms with Crippen molar-refractivity contribution in [2.75, 3.05) is 26.3 Å². The average molecular weight is 398 g/mol. The molecule has 0 aromatic heterocycles. The van der Waals surface area contributed by atoms with Gasteiger partial charge in [0.25, 0.3) is 0 Å². The fourth-order valence-electron chi connectivity index (χ4n) is 3.34. The smallest absolute Gasteiger partial charge is 0.196 e. The molecule has 0 bridgehead atoms. The lowest BCUT2D eigenvalue weighted by atomic mass is 9.80. The van der Waals surface area contributed by atoms with Crippen molar-refractivity contribution in [3.63, 3.8) is 0 Å². The predicted octanol–water partition coefficient (Wildman–Crippen LogP) is 5.23. The highest BCUT2D eigenvalue weighted by Crippen LogP contribution is 2.30. The van der Waals surface area contributed by atoms with Crippen molar-refractivity contribution in [1.29, 1.82) is 0 Å². The minimum atomic E-state index is -0.664. The van der Waals surface area contributed by atoms with E-state index in [4.69, 9.17) is 25.8 Å². The molecule has 2 atom stereocenters. The molecule has 1 aromatic rings. The highest BCUT2D eigenvalue weighted by molar-refractivity contribution is 6.23. The number of alkyl halides is 1. The van der Waals surface area contributed by atoms with E-state index in [1.807, 2.05) is 19.1 Å². The van der Waals surface area contributed by atoms with Crippen LogP contribution in [-0.2, 0) is 14.9 Å². The van der Waals surface area contributed by atoms with Crippen molar-refractivity contribution in [1.82, 2.24) is 5.32 Å². The van der Waals surface area contributed by atoms with E-state index in [2.05, 4.69) is 38.2 Å². The second-order valence-corrected chi connectivity index (χ2v) is 8.77. The number of halogens is 1. The molecule has 1 aromatic carbocycles. The van der Waals surface area contributed by atoms with Crippen molar-refractivity contribution >= 4 is 11.6 Å². The fourth-order valence-corrected chi connectivity index (χ4v) is 3.59. The number of hydrogen-bond donors (Lipinski definition) is 1. The minimum Gasteiger partial charge on any atom is -0.465 e. The molecule has 0 radical (unpaired) electrons. The molecule has 1 fully saturated rings. The first-order chi connectivity index (χ1) is 12.8. The van der Waals surface area contributed by atoms with Crippen LogP contribution < -0.4 is 10.1 Å². The molecule has 1 N–H and O–H groups in total. The van der Waals surface area contributed by atoms with Crippen LogP contribution in [0.25, 0.3) is 0 Å². The Balaban J connectivity index is 1.76. The summed E-state index contributed by atoms with van der Waals surface area (Å²) in [5.41, 5.74) is 1.55. The Kier molecular flexibility index (Phi) is 8.87. The zero-order valence-corrected chi connectivity index (χ0v) is 18.1. The normalized spacial score (nSPS) is 21.8.